The van der Waals surface area contributed by atoms with E-state index in [2.05, 4.69) is 0 Å². The van der Waals surface area contributed by atoms with Crippen molar-refractivity contribution in [3.63, 3.8) is 0 Å². The fraction of sp³-hybridized carbons (Fsp3) is 0.250. The van der Waals surface area contributed by atoms with E-state index in [0.717, 1.165) is 5.69 Å². The van der Waals surface area contributed by atoms with Gasteiger partial charge in [-0.05, 0) is 24.3 Å². The molecule has 0 N–H and O–H groups in total. The van der Waals surface area contributed by atoms with Crippen LogP contribution in [-0.4, -0.2) is 27.1 Å². The largest absolute Gasteiger partial charge is 1.00 e. The van der Waals surface area contributed by atoms with Crippen LogP contribution in [-0.2, 0) is 10.1 Å². The number of hydrogen-bond acceptors (Lipinski definition) is 4. The van der Waals surface area contributed by atoms with Gasteiger partial charge in [0, 0.05) is 19.8 Å². The third-order valence-corrected chi connectivity index (χ3v) is 2.49. The summed E-state index contributed by atoms with van der Waals surface area (Å²) in [5.74, 6) is 0. The molecule has 14 heavy (non-hydrogen) atoms. The van der Waals surface area contributed by atoms with Crippen LogP contribution in [0.1, 0.15) is 0 Å². The first-order chi connectivity index (χ1) is 5.91. The molecular formula is C8H10LiNO3S. The minimum atomic E-state index is -4.31. The van der Waals surface area contributed by atoms with Crippen molar-refractivity contribution in [3.8, 4) is 0 Å². The van der Waals surface area contributed by atoms with Crippen LogP contribution in [0.15, 0.2) is 29.2 Å². The number of anilines is 1. The fourth-order valence-electron chi connectivity index (χ4n) is 0.911. The van der Waals surface area contributed by atoms with Crippen molar-refractivity contribution >= 4 is 15.8 Å². The van der Waals surface area contributed by atoms with Crippen LogP contribution >= 0.6 is 0 Å². The second-order valence-electron chi connectivity index (χ2n) is 2.84. The second kappa shape index (κ2) is 4.85. The smallest absolute Gasteiger partial charge is 0.744 e. The molecule has 0 aliphatic carbocycles. The van der Waals surface area contributed by atoms with Crippen LogP contribution < -0.4 is 23.8 Å². The SMILES string of the molecule is CN(C)c1ccc(S(=O)(=O)[O-])cc1.[Li+]. The van der Waals surface area contributed by atoms with Crippen LogP contribution in [0.5, 0.6) is 0 Å². The maximum absolute atomic E-state index is 10.5. The van der Waals surface area contributed by atoms with Crippen LogP contribution in [0.25, 0.3) is 0 Å². The number of benzene rings is 1. The first-order valence-electron chi connectivity index (χ1n) is 3.64. The molecule has 0 spiro atoms. The summed E-state index contributed by atoms with van der Waals surface area (Å²) in [5.41, 5.74) is 0.854. The average Bonchev–Trinajstić information content (AvgIpc) is 2.03. The van der Waals surface area contributed by atoms with E-state index in [1.165, 1.54) is 12.1 Å². The van der Waals surface area contributed by atoms with E-state index >= 15 is 0 Å². The van der Waals surface area contributed by atoms with Crippen LogP contribution in [0.2, 0.25) is 0 Å². The Morgan fingerprint density at radius 2 is 1.57 bits per heavy atom. The Morgan fingerprint density at radius 3 is 1.86 bits per heavy atom. The molecule has 4 nitrogen and oxygen atoms in total. The van der Waals surface area contributed by atoms with Gasteiger partial charge in [0.2, 0.25) is 0 Å². The van der Waals surface area contributed by atoms with Crippen molar-refractivity contribution in [2.24, 2.45) is 0 Å². The van der Waals surface area contributed by atoms with Gasteiger partial charge in [-0.25, -0.2) is 8.42 Å². The third kappa shape index (κ3) is 3.35. The van der Waals surface area contributed by atoms with Crippen LogP contribution in [0.3, 0.4) is 0 Å². The number of rotatable bonds is 2. The molecule has 0 atom stereocenters. The van der Waals surface area contributed by atoms with Crippen LogP contribution in [0, 0.1) is 0 Å². The van der Waals surface area contributed by atoms with Gasteiger partial charge in [-0.3, -0.25) is 0 Å². The first kappa shape index (κ1) is 13.5. The summed E-state index contributed by atoms with van der Waals surface area (Å²) in [7, 11) is -0.646. The molecule has 1 aromatic carbocycles. The normalized spacial score (nSPS) is 10.5. The molecule has 0 aliphatic rings. The summed E-state index contributed by atoms with van der Waals surface area (Å²) in [6, 6.07) is 5.78. The van der Waals surface area contributed by atoms with Crippen molar-refractivity contribution in [3.05, 3.63) is 24.3 Å². The summed E-state index contributed by atoms with van der Waals surface area (Å²) in [5, 5.41) is 0. The maximum atomic E-state index is 10.5. The van der Waals surface area contributed by atoms with Gasteiger partial charge in [-0.15, -0.1) is 0 Å². The van der Waals surface area contributed by atoms with Gasteiger partial charge in [0.05, 0.1) is 4.90 Å². The Bertz CT molecular complexity index is 386. The summed E-state index contributed by atoms with van der Waals surface area (Å²) in [4.78, 5) is 1.62. The van der Waals surface area contributed by atoms with E-state index in [9.17, 15) is 13.0 Å². The number of hydrogen-bond donors (Lipinski definition) is 0. The molecule has 6 heteroatoms. The molecular weight excluding hydrogens is 197 g/mol. The topological polar surface area (TPSA) is 60.4 Å². The van der Waals surface area contributed by atoms with Gasteiger partial charge >= 0.3 is 18.9 Å². The van der Waals surface area contributed by atoms with Gasteiger partial charge in [0.15, 0.2) is 0 Å². The zero-order valence-electron chi connectivity index (χ0n) is 8.39. The summed E-state index contributed by atoms with van der Waals surface area (Å²) >= 11 is 0. The minimum Gasteiger partial charge on any atom is -0.744 e. The second-order valence-corrected chi connectivity index (χ2v) is 4.22. The van der Waals surface area contributed by atoms with E-state index < -0.39 is 10.1 Å². The quantitative estimate of drug-likeness (QED) is 0.403. The molecule has 0 radical (unpaired) electrons. The zero-order valence-corrected chi connectivity index (χ0v) is 9.21. The van der Waals surface area contributed by atoms with Crippen molar-refractivity contribution in [1.82, 2.24) is 0 Å². The summed E-state index contributed by atoms with van der Waals surface area (Å²) < 4.78 is 31.6. The molecule has 0 heterocycles. The monoisotopic (exact) mass is 207 g/mol. The Morgan fingerprint density at radius 1 is 1.14 bits per heavy atom. The van der Waals surface area contributed by atoms with E-state index in [1.54, 1.807) is 12.1 Å². The molecule has 0 bridgehead atoms. The first-order valence-corrected chi connectivity index (χ1v) is 5.05. The zero-order chi connectivity index (χ0) is 10.1. The van der Waals surface area contributed by atoms with Crippen LogP contribution in [0.4, 0.5) is 5.69 Å². The van der Waals surface area contributed by atoms with Crippen molar-refractivity contribution < 1.29 is 31.8 Å². The maximum Gasteiger partial charge on any atom is 1.00 e. The van der Waals surface area contributed by atoms with Crippen molar-refractivity contribution in [1.29, 1.82) is 0 Å². The van der Waals surface area contributed by atoms with Gasteiger partial charge in [-0.2, -0.15) is 0 Å². The molecule has 0 saturated heterocycles. The van der Waals surface area contributed by atoms with Crippen molar-refractivity contribution in [2.45, 2.75) is 4.90 Å². The Balaban J connectivity index is 0.00000169. The molecule has 0 unspecified atom stereocenters. The van der Waals surface area contributed by atoms with Gasteiger partial charge in [-0.1, -0.05) is 0 Å². The summed E-state index contributed by atoms with van der Waals surface area (Å²) in [6.07, 6.45) is 0. The molecule has 0 amide bonds. The van der Waals surface area contributed by atoms with E-state index in [0.29, 0.717) is 0 Å². The standard InChI is InChI=1S/C8H11NO3S.Li/c1-9(2)7-3-5-8(6-4-7)13(10,11)12;/h3-6H,1-2H3,(H,10,11,12);/q;+1/p-1. The Hall–Kier alpha value is -0.473. The van der Waals surface area contributed by atoms with Crippen molar-refractivity contribution in [2.75, 3.05) is 19.0 Å². The minimum absolute atomic E-state index is 0. The summed E-state index contributed by atoms with van der Waals surface area (Å²) in [6.45, 7) is 0. The van der Waals surface area contributed by atoms with Gasteiger partial charge in [0.1, 0.15) is 10.1 Å². The van der Waals surface area contributed by atoms with Gasteiger partial charge in [0.25, 0.3) is 0 Å². The van der Waals surface area contributed by atoms with Gasteiger partial charge < -0.3 is 9.45 Å². The molecule has 1 aromatic rings. The fourth-order valence-corrected chi connectivity index (χ4v) is 1.38. The Kier molecular flexibility index (Phi) is 4.69. The molecule has 0 aliphatic heterocycles. The molecule has 1 rings (SSSR count). The van der Waals surface area contributed by atoms with E-state index in [1.807, 2.05) is 19.0 Å². The Labute approximate surface area is 95.8 Å². The predicted octanol–water partition coefficient (Wildman–Crippen LogP) is -2.34. The molecule has 0 aromatic heterocycles. The molecule has 0 fully saturated rings. The van der Waals surface area contributed by atoms with E-state index in [-0.39, 0.29) is 23.8 Å². The third-order valence-electron chi connectivity index (χ3n) is 1.64. The molecule has 0 saturated carbocycles. The average molecular weight is 207 g/mol. The molecule has 72 valence electrons. The number of nitrogens with zero attached hydrogens (tertiary/aromatic N) is 1. The van der Waals surface area contributed by atoms with E-state index in [4.69, 9.17) is 0 Å². The predicted molar refractivity (Wildman–Crippen MR) is 48.7 cm³/mol.